The predicted molar refractivity (Wildman–Crippen MR) is 107 cm³/mol. The molecule has 4 nitrogen and oxygen atoms in total. The lowest BCUT2D eigenvalue weighted by Crippen LogP contribution is -2.29. The van der Waals surface area contributed by atoms with Crippen LogP contribution in [0.15, 0.2) is 23.6 Å². The van der Waals surface area contributed by atoms with Gasteiger partial charge in [-0.3, -0.25) is 4.79 Å². The number of nitrogens with one attached hydrogen (secondary N) is 1. The van der Waals surface area contributed by atoms with E-state index in [1.54, 1.807) is 12.3 Å². The van der Waals surface area contributed by atoms with Crippen LogP contribution in [0.2, 0.25) is 0 Å². The summed E-state index contributed by atoms with van der Waals surface area (Å²) in [5.74, 6) is -2.03. The minimum Gasteiger partial charge on any atom is -0.358 e. The Balaban J connectivity index is 1.60. The second-order valence-electron chi connectivity index (χ2n) is 5.88. The summed E-state index contributed by atoms with van der Waals surface area (Å²) >= 11 is 7.99. The topological polar surface area (TPSA) is 45.2 Å². The van der Waals surface area contributed by atoms with Crippen molar-refractivity contribution in [2.45, 2.75) is 25.0 Å². The van der Waals surface area contributed by atoms with Gasteiger partial charge in [0.2, 0.25) is 5.91 Å². The smallest absolute Gasteiger partial charge is 0.239 e. The van der Waals surface area contributed by atoms with Crippen LogP contribution in [0.4, 0.5) is 13.9 Å². The summed E-state index contributed by atoms with van der Waals surface area (Å²) in [6.07, 6.45) is 2.26. The SMILES string of the molecule is C[C@@H](SC(=S)N1CCCC1)C(=O)Nc1nc(-c2ccc(F)c(F)c2)cs1. The molecule has 1 saturated heterocycles. The van der Waals surface area contributed by atoms with Crippen LogP contribution in [-0.4, -0.2) is 38.5 Å². The number of thioether (sulfide) groups is 1. The Morgan fingerprint density at radius 1 is 1.35 bits per heavy atom. The van der Waals surface area contributed by atoms with E-state index in [9.17, 15) is 13.6 Å². The standard InChI is InChI=1S/C17H17F2N3OS3/c1-10(26-17(24)22-6-2-3-7-22)15(23)21-16-20-14(9-25-16)11-4-5-12(18)13(19)8-11/h4-5,8-10H,2-3,6-7H2,1H3,(H,20,21,23)/t10-/m1/s1. The molecule has 0 aliphatic carbocycles. The van der Waals surface area contributed by atoms with Gasteiger partial charge < -0.3 is 10.2 Å². The fourth-order valence-corrected chi connectivity index (χ4v) is 4.64. The molecule has 1 aliphatic rings. The van der Waals surface area contributed by atoms with Gasteiger partial charge in [0, 0.05) is 24.0 Å². The van der Waals surface area contributed by atoms with Crippen LogP contribution in [0.3, 0.4) is 0 Å². The molecule has 26 heavy (non-hydrogen) atoms. The van der Waals surface area contributed by atoms with E-state index in [0.29, 0.717) is 16.4 Å². The van der Waals surface area contributed by atoms with Gasteiger partial charge in [-0.15, -0.1) is 11.3 Å². The normalized spacial score (nSPS) is 15.1. The molecular formula is C17H17F2N3OS3. The minimum absolute atomic E-state index is 0.192. The number of likely N-dealkylation sites (tertiary alicyclic amines) is 1. The molecule has 0 bridgehead atoms. The van der Waals surface area contributed by atoms with E-state index < -0.39 is 11.6 Å². The largest absolute Gasteiger partial charge is 0.358 e. The van der Waals surface area contributed by atoms with Crippen LogP contribution >= 0.6 is 35.3 Å². The monoisotopic (exact) mass is 413 g/mol. The van der Waals surface area contributed by atoms with Crippen LogP contribution in [0.5, 0.6) is 0 Å². The third-order valence-corrected chi connectivity index (χ3v) is 6.29. The Kier molecular flexibility index (Phi) is 6.20. The average molecular weight is 414 g/mol. The van der Waals surface area contributed by atoms with Gasteiger partial charge in [-0.1, -0.05) is 24.0 Å². The van der Waals surface area contributed by atoms with E-state index in [1.807, 2.05) is 0 Å². The molecule has 0 unspecified atom stereocenters. The highest BCUT2D eigenvalue weighted by Gasteiger charge is 2.22. The van der Waals surface area contributed by atoms with Crippen molar-refractivity contribution in [1.82, 2.24) is 9.88 Å². The van der Waals surface area contributed by atoms with E-state index in [-0.39, 0.29) is 11.2 Å². The van der Waals surface area contributed by atoms with Crippen LogP contribution < -0.4 is 5.32 Å². The second-order valence-corrected chi connectivity index (χ2v) is 8.71. The number of aromatic nitrogens is 1. The number of hydrogen-bond donors (Lipinski definition) is 1. The fourth-order valence-electron chi connectivity index (χ4n) is 2.51. The molecule has 3 rings (SSSR count). The van der Waals surface area contributed by atoms with Crippen molar-refractivity contribution in [2.24, 2.45) is 0 Å². The van der Waals surface area contributed by atoms with Crippen molar-refractivity contribution in [2.75, 3.05) is 18.4 Å². The van der Waals surface area contributed by atoms with Crippen molar-refractivity contribution in [1.29, 1.82) is 0 Å². The number of hydrogen-bond acceptors (Lipinski definition) is 5. The molecule has 1 amide bonds. The quantitative estimate of drug-likeness (QED) is 0.746. The number of carbonyl (C=O) groups is 1. The Bertz CT molecular complexity index is 821. The van der Waals surface area contributed by atoms with Gasteiger partial charge in [0.15, 0.2) is 16.8 Å². The number of rotatable bonds is 4. The van der Waals surface area contributed by atoms with E-state index in [0.717, 1.165) is 42.4 Å². The molecule has 0 spiro atoms. The van der Waals surface area contributed by atoms with Crippen LogP contribution in [0, 0.1) is 11.6 Å². The maximum Gasteiger partial charge on any atom is 0.239 e. The first-order valence-corrected chi connectivity index (χ1v) is 10.3. The predicted octanol–water partition coefficient (Wildman–Crippen LogP) is 4.53. The van der Waals surface area contributed by atoms with Crippen molar-refractivity contribution in [3.63, 3.8) is 0 Å². The molecule has 0 radical (unpaired) electrons. The lowest BCUT2D eigenvalue weighted by Gasteiger charge is -2.20. The summed E-state index contributed by atoms with van der Waals surface area (Å²) in [6.45, 7) is 3.70. The Morgan fingerprint density at radius 3 is 2.77 bits per heavy atom. The number of carbonyl (C=O) groups excluding carboxylic acids is 1. The van der Waals surface area contributed by atoms with Gasteiger partial charge in [0.05, 0.1) is 10.9 Å². The molecule has 2 heterocycles. The highest BCUT2D eigenvalue weighted by atomic mass is 32.2. The third-order valence-electron chi connectivity index (χ3n) is 3.96. The van der Waals surface area contributed by atoms with Gasteiger partial charge in [-0.25, -0.2) is 13.8 Å². The van der Waals surface area contributed by atoms with Gasteiger partial charge in [-0.2, -0.15) is 0 Å². The summed E-state index contributed by atoms with van der Waals surface area (Å²) in [5, 5.41) is 4.51. The van der Waals surface area contributed by atoms with Crippen LogP contribution in [0.1, 0.15) is 19.8 Å². The van der Waals surface area contributed by atoms with E-state index in [1.165, 1.54) is 29.2 Å². The van der Waals surface area contributed by atoms with Gasteiger partial charge >= 0.3 is 0 Å². The summed E-state index contributed by atoms with van der Waals surface area (Å²) in [6, 6.07) is 3.59. The lowest BCUT2D eigenvalue weighted by molar-refractivity contribution is -0.115. The van der Waals surface area contributed by atoms with E-state index in [4.69, 9.17) is 12.2 Å². The molecule has 1 N–H and O–H groups in total. The summed E-state index contributed by atoms with van der Waals surface area (Å²) in [5.41, 5.74) is 0.940. The Hall–Kier alpha value is -1.58. The maximum absolute atomic E-state index is 13.3. The van der Waals surface area contributed by atoms with Crippen molar-refractivity contribution >= 4 is 50.7 Å². The van der Waals surface area contributed by atoms with Gasteiger partial charge in [0.25, 0.3) is 0 Å². The zero-order chi connectivity index (χ0) is 18.7. The van der Waals surface area contributed by atoms with Gasteiger partial charge in [-0.05, 0) is 38.0 Å². The number of thiocarbonyl (C=S) groups is 1. The van der Waals surface area contributed by atoms with Crippen molar-refractivity contribution < 1.29 is 13.6 Å². The van der Waals surface area contributed by atoms with Gasteiger partial charge in [0.1, 0.15) is 4.32 Å². The highest BCUT2D eigenvalue weighted by Crippen LogP contribution is 2.27. The Labute approximate surface area is 164 Å². The molecule has 1 aromatic heterocycles. The summed E-state index contributed by atoms with van der Waals surface area (Å²) in [7, 11) is 0. The first-order chi connectivity index (χ1) is 12.4. The molecule has 1 aromatic carbocycles. The number of nitrogens with zero attached hydrogens (tertiary/aromatic N) is 2. The summed E-state index contributed by atoms with van der Waals surface area (Å²) in [4.78, 5) is 18.7. The van der Waals surface area contributed by atoms with Crippen LogP contribution in [-0.2, 0) is 4.79 Å². The summed E-state index contributed by atoms with van der Waals surface area (Å²) < 4.78 is 27.1. The van der Waals surface area contributed by atoms with Crippen LogP contribution in [0.25, 0.3) is 11.3 Å². The second kappa shape index (κ2) is 8.41. The zero-order valence-electron chi connectivity index (χ0n) is 14.0. The fraction of sp³-hybridized carbons (Fsp3) is 0.353. The van der Waals surface area contributed by atoms with Crippen molar-refractivity contribution in [3.8, 4) is 11.3 Å². The average Bonchev–Trinajstić information content (AvgIpc) is 3.29. The van der Waals surface area contributed by atoms with Crippen molar-refractivity contribution in [3.05, 3.63) is 35.2 Å². The lowest BCUT2D eigenvalue weighted by atomic mass is 10.2. The maximum atomic E-state index is 13.3. The number of thiazole rings is 1. The molecule has 1 fully saturated rings. The molecule has 1 atom stereocenters. The Morgan fingerprint density at radius 2 is 2.08 bits per heavy atom. The zero-order valence-corrected chi connectivity index (χ0v) is 16.4. The number of anilines is 1. The minimum atomic E-state index is -0.929. The third kappa shape index (κ3) is 4.57. The number of halogens is 2. The molecule has 138 valence electrons. The number of benzene rings is 1. The first kappa shape index (κ1) is 19.2. The van der Waals surface area contributed by atoms with E-state index in [2.05, 4.69) is 15.2 Å². The molecule has 9 heteroatoms. The number of amides is 1. The van der Waals surface area contributed by atoms with E-state index >= 15 is 0 Å². The molecular weight excluding hydrogens is 396 g/mol. The highest BCUT2D eigenvalue weighted by molar-refractivity contribution is 8.23. The molecule has 0 saturated carbocycles. The molecule has 1 aliphatic heterocycles. The first-order valence-electron chi connectivity index (χ1n) is 8.11. The molecule has 2 aromatic rings.